The Balaban J connectivity index is 1.44. The Hall–Kier alpha value is -3.86. The van der Waals surface area contributed by atoms with Crippen molar-refractivity contribution in [1.82, 2.24) is 39.4 Å². The van der Waals surface area contributed by atoms with Gasteiger partial charge in [0.25, 0.3) is 11.9 Å². The smallest absolute Gasteiger partial charge is 0.276 e. The van der Waals surface area contributed by atoms with Crippen LogP contribution < -0.4 is 0 Å². The standard InChI is InChI=1S/C22H28Cl2N12O4/c1-29-13-31(15-33(21(29)27-35(37)38)11-17-3-5-19(23)25-9-17)7-8-32-14-30(2)22(28-36(39)40)34(16-32)12-18-4-6-20(24)26-10-18/h3-6,9-10H,7-8,11-16H2,1-2H3/b27-21+,28-22+. The molecule has 2 aliphatic rings. The molecule has 16 nitrogen and oxygen atoms in total. The highest BCUT2D eigenvalue weighted by Gasteiger charge is 2.32. The van der Waals surface area contributed by atoms with Crippen molar-refractivity contribution in [3.8, 4) is 0 Å². The maximum Gasteiger partial charge on any atom is 0.276 e. The third-order valence-corrected chi connectivity index (χ3v) is 6.66. The van der Waals surface area contributed by atoms with E-state index in [-0.39, 0.29) is 11.9 Å². The lowest BCUT2D eigenvalue weighted by Crippen LogP contribution is -2.60. The van der Waals surface area contributed by atoms with Gasteiger partial charge in [0.15, 0.2) is 10.1 Å². The Morgan fingerprint density at radius 1 is 0.750 bits per heavy atom. The summed E-state index contributed by atoms with van der Waals surface area (Å²) in [7, 11) is 3.50. The molecule has 0 bridgehead atoms. The van der Waals surface area contributed by atoms with Gasteiger partial charge in [0.05, 0.1) is 26.7 Å². The van der Waals surface area contributed by atoms with Gasteiger partial charge in [-0.2, -0.15) is 0 Å². The molecule has 2 aromatic heterocycles. The minimum atomic E-state index is -0.701. The van der Waals surface area contributed by atoms with Crippen LogP contribution in [0.4, 0.5) is 0 Å². The molecule has 0 spiro atoms. The summed E-state index contributed by atoms with van der Waals surface area (Å²) in [6.07, 6.45) is 3.26. The van der Waals surface area contributed by atoms with Crippen LogP contribution in [0.25, 0.3) is 0 Å². The van der Waals surface area contributed by atoms with Crippen LogP contribution in [0.1, 0.15) is 11.1 Å². The first-order chi connectivity index (χ1) is 19.1. The maximum atomic E-state index is 11.2. The summed E-state index contributed by atoms with van der Waals surface area (Å²) in [6, 6.07) is 6.97. The fraction of sp³-hybridized carbons (Fsp3) is 0.455. The summed E-state index contributed by atoms with van der Waals surface area (Å²) in [5.41, 5.74) is 1.66. The lowest BCUT2D eigenvalue weighted by atomic mass is 10.2. The number of nitrogens with zero attached hydrogens (tertiary/aromatic N) is 12. The molecule has 0 unspecified atom stereocenters. The van der Waals surface area contributed by atoms with Crippen molar-refractivity contribution in [3.63, 3.8) is 0 Å². The second-order valence-corrected chi connectivity index (χ2v) is 10.2. The average molecular weight is 595 g/mol. The van der Waals surface area contributed by atoms with Gasteiger partial charge < -0.3 is 19.6 Å². The largest absolute Gasteiger partial charge is 0.328 e. The fourth-order valence-electron chi connectivity index (χ4n) is 4.58. The van der Waals surface area contributed by atoms with Crippen molar-refractivity contribution in [2.45, 2.75) is 13.1 Å². The summed E-state index contributed by atoms with van der Waals surface area (Å²) in [4.78, 5) is 42.0. The predicted octanol–water partition coefficient (Wildman–Crippen LogP) is 1.51. The van der Waals surface area contributed by atoms with Crippen LogP contribution in [-0.2, 0) is 13.1 Å². The normalized spacial score (nSPS) is 19.1. The molecule has 214 valence electrons. The Kier molecular flexibility index (Phi) is 9.46. The van der Waals surface area contributed by atoms with Gasteiger partial charge in [0, 0.05) is 52.7 Å². The molecule has 2 aliphatic heterocycles. The molecule has 2 fully saturated rings. The first kappa shape index (κ1) is 29.1. The number of nitro groups is 2. The minimum Gasteiger partial charge on any atom is -0.328 e. The summed E-state index contributed by atoms with van der Waals surface area (Å²) in [6.45, 7) is 3.62. The van der Waals surface area contributed by atoms with E-state index in [1.165, 1.54) is 0 Å². The van der Waals surface area contributed by atoms with Gasteiger partial charge in [-0.3, -0.25) is 9.80 Å². The first-order valence-corrected chi connectivity index (χ1v) is 12.9. The zero-order chi connectivity index (χ0) is 28.8. The molecule has 0 aliphatic carbocycles. The van der Waals surface area contributed by atoms with Crippen LogP contribution in [0.5, 0.6) is 0 Å². The molecule has 0 amide bonds. The summed E-state index contributed by atoms with van der Waals surface area (Å²) in [5, 5.41) is 29.0. The van der Waals surface area contributed by atoms with Crippen molar-refractivity contribution in [2.75, 3.05) is 53.9 Å². The van der Waals surface area contributed by atoms with Crippen LogP contribution in [0.3, 0.4) is 0 Å². The first-order valence-electron chi connectivity index (χ1n) is 12.1. The Morgan fingerprint density at radius 2 is 1.15 bits per heavy atom. The number of hydrazone groups is 2. The van der Waals surface area contributed by atoms with Gasteiger partial charge in [0.2, 0.25) is 0 Å². The van der Waals surface area contributed by atoms with Crippen molar-refractivity contribution < 1.29 is 10.1 Å². The van der Waals surface area contributed by atoms with E-state index in [4.69, 9.17) is 23.2 Å². The molecule has 40 heavy (non-hydrogen) atoms. The van der Waals surface area contributed by atoms with E-state index < -0.39 is 10.1 Å². The average Bonchev–Trinajstić information content (AvgIpc) is 2.89. The van der Waals surface area contributed by atoms with Crippen LogP contribution in [0.2, 0.25) is 10.3 Å². The van der Waals surface area contributed by atoms with Crippen LogP contribution in [0.15, 0.2) is 46.9 Å². The number of hydrogen-bond acceptors (Lipinski definition) is 8. The van der Waals surface area contributed by atoms with Crippen molar-refractivity contribution in [3.05, 3.63) is 78.3 Å². The molecule has 18 heteroatoms. The Labute approximate surface area is 239 Å². The summed E-state index contributed by atoms with van der Waals surface area (Å²) in [5.74, 6) is 0.495. The van der Waals surface area contributed by atoms with Crippen LogP contribution in [-0.4, -0.2) is 115 Å². The number of guanidine groups is 2. The van der Waals surface area contributed by atoms with E-state index in [1.807, 2.05) is 12.1 Å². The lowest BCUT2D eigenvalue weighted by Gasteiger charge is -2.44. The highest BCUT2D eigenvalue weighted by molar-refractivity contribution is 6.29. The zero-order valence-corrected chi connectivity index (χ0v) is 23.4. The summed E-state index contributed by atoms with van der Waals surface area (Å²) >= 11 is 11.8. The number of rotatable bonds is 9. The molecule has 0 saturated carbocycles. The fourth-order valence-corrected chi connectivity index (χ4v) is 4.80. The highest BCUT2D eigenvalue weighted by atomic mass is 35.5. The van der Waals surface area contributed by atoms with Gasteiger partial charge in [-0.1, -0.05) is 35.3 Å². The molecule has 0 radical (unpaired) electrons. The van der Waals surface area contributed by atoms with Crippen molar-refractivity contribution in [2.24, 2.45) is 10.2 Å². The molecular weight excluding hydrogens is 567 g/mol. The molecule has 0 aromatic carbocycles. The van der Waals surface area contributed by atoms with Gasteiger partial charge in [-0.05, 0) is 23.3 Å². The van der Waals surface area contributed by atoms with Gasteiger partial charge >= 0.3 is 0 Å². The number of halogens is 2. The van der Waals surface area contributed by atoms with Gasteiger partial charge in [-0.15, -0.1) is 0 Å². The van der Waals surface area contributed by atoms with E-state index >= 15 is 0 Å². The van der Waals surface area contributed by atoms with Gasteiger partial charge in [-0.25, -0.2) is 30.2 Å². The number of aromatic nitrogens is 2. The topological polar surface area (TPSA) is 156 Å². The monoisotopic (exact) mass is 594 g/mol. The lowest BCUT2D eigenvalue weighted by molar-refractivity contribution is -0.486. The van der Waals surface area contributed by atoms with Crippen LogP contribution in [0, 0.1) is 20.2 Å². The minimum absolute atomic E-state index is 0.247. The van der Waals surface area contributed by atoms with Crippen LogP contribution >= 0.6 is 23.2 Å². The molecule has 4 rings (SSSR count). The van der Waals surface area contributed by atoms with E-state index in [2.05, 4.69) is 30.0 Å². The van der Waals surface area contributed by atoms with Crippen molar-refractivity contribution >= 4 is 35.1 Å². The Bertz CT molecular complexity index is 1170. The number of pyridine rings is 2. The Morgan fingerprint density at radius 3 is 1.48 bits per heavy atom. The molecule has 2 saturated heterocycles. The summed E-state index contributed by atoms with van der Waals surface area (Å²) < 4.78 is 0. The van der Waals surface area contributed by atoms with E-state index in [1.54, 1.807) is 58.2 Å². The molecule has 4 heterocycles. The quantitative estimate of drug-likeness (QED) is 0.234. The number of hydrogen-bond donors (Lipinski definition) is 0. The second kappa shape index (κ2) is 13.0. The zero-order valence-electron chi connectivity index (χ0n) is 21.9. The predicted molar refractivity (Wildman–Crippen MR) is 147 cm³/mol. The second-order valence-electron chi connectivity index (χ2n) is 9.40. The van der Waals surface area contributed by atoms with E-state index in [0.717, 1.165) is 11.1 Å². The molecular formula is C22H28Cl2N12O4. The van der Waals surface area contributed by atoms with Gasteiger partial charge in [0.1, 0.15) is 20.5 Å². The molecule has 0 N–H and O–H groups in total. The SMILES string of the molecule is CN1CN(CCN2CN(C)/C(=N\[N+](=O)[O-])N(Cc3ccc(Cl)nc3)C2)CN(Cc2ccc(Cl)nc2)/C1=N/[N+](=O)[O-]. The third kappa shape index (κ3) is 7.84. The molecule has 2 aromatic rings. The third-order valence-electron chi connectivity index (χ3n) is 6.21. The van der Waals surface area contributed by atoms with E-state index in [0.29, 0.717) is 63.2 Å². The maximum absolute atomic E-state index is 11.2. The van der Waals surface area contributed by atoms with Crippen molar-refractivity contribution in [1.29, 1.82) is 0 Å². The molecule has 0 atom stereocenters. The highest BCUT2D eigenvalue weighted by Crippen LogP contribution is 2.17. The van der Waals surface area contributed by atoms with E-state index in [9.17, 15) is 20.2 Å².